The fraction of sp³-hybridized carbons (Fsp3) is 0.167. The number of carbonyl (C=O) groups excluding carboxylic acids is 1. The molecule has 0 saturated heterocycles. The van der Waals surface area contributed by atoms with Crippen molar-refractivity contribution in [2.75, 3.05) is 7.11 Å². The van der Waals surface area contributed by atoms with Crippen molar-refractivity contribution in [3.05, 3.63) is 53.6 Å². The van der Waals surface area contributed by atoms with E-state index in [1.54, 1.807) is 0 Å². The van der Waals surface area contributed by atoms with Crippen LogP contribution in [0.25, 0.3) is 21.5 Å². The standard InChI is InChI=1S/C18H16O3/c1-11-6-5-9-14-15(11)10-13-8-4-7-12(2)16(13)17(14)21-18(19)20-3/h4-10H,1-3H3. The van der Waals surface area contributed by atoms with Gasteiger partial charge in [0.25, 0.3) is 0 Å². The van der Waals surface area contributed by atoms with Gasteiger partial charge in [0.15, 0.2) is 0 Å². The monoisotopic (exact) mass is 280 g/mol. The Hall–Kier alpha value is -2.55. The highest BCUT2D eigenvalue weighted by molar-refractivity contribution is 6.08. The lowest BCUT2D eigenvalue weighted by atomic mass is 9.96. The van der Waals surface area contributed by atoms with Gasteiger partial charge in [-0.05, 0) is 41.8 Å². The summed E-state index contributed by atoms with van der Waals surface area (Å²) in [5.74, 6) is 0.566. The Morgan fingerprint density at radius 2 is 1.67 bits per heavy atom. The molecule has 3 aromatic carbocycles. The molecule has 0 saturated carbocycles. The number of aryl methyl sites for hydroxylation is 2. The van der Waals surface area contributed by atoms with E-state index >= 15 is 0 Å². The fourth-order valence-electron chi connectivity index (χ4n) is 2.71. The molecule has 0 unspecified atom stereocenters. The lowest BCUT2D eigenvalue weighted by molar-refractivity contribution is 0.122. The van der Waals surface area contributed by atoms with Crippen LogP contribution in [0, 0.1) is 13.8 Å². The molecule has 0 bridgehead atoms. The molecule has 21 heavy (non-hydrogen) atoms. The van der Waals surface area contributed by atoms with Gasteiger partial charge in [-0.2, -0.15) is 0 Å². The minimum absolute atomic E-state index is 0.566. The highest BCUT2D eigenvalue weighted by atomic mass is 16.7. The van der Waals surface area contributed by atoms with Crippen molar-refractivity contribution < 1.29 is 14.3 Å². The Balaban J connectivity index is 2.46. The van der Waals surface area contributed by atoms with Crippen molar-refractivity contribution in [3.63, 3.8) is 0 Å². The van der Waals surface area contributed by atoms with E-state index in [-0.39, 0.29) is 0 Å². The van der Waals surface area contributed by atoms with E-state index in [0.717, 1.165) is 32.7 Å². The molecule has 0 aliphatic rings. The van der Waals surface area contributed by atoms with Crippen molar-refractivity contribution in [2.45, 2.75) is 13.8 Å². The van der Waals surface area contributed by atoms with Crippen molar-refractivity contribution in [3.8, 4) is 5.75 Å². The van der Waals surface area contributed by atoms with Crippen LogP contribution in [0.4, 0.5) is 4.79 Å². The third kappa shape index (κ3) is 2.21. The zero-order chi connectivity index (χ0) is 15.0. The second-order valence-electron chi connectivity index (χ2n) is 5.10. The van der Waals surface area contributed by atoms with E-state index in [2.05, 4.69) is 10.8 Å². The molecule has 0 heterocycles. The summed E-state index contributed by atoms with van der Waals surface area (Å²) in [5.41, 5.74) is 2.21. The van der Waals surface area contributed by atoms with Crippen LogP contribution < -0.4 is 4.74 Å². The molecule has 0 aliphatic carbocycles. The van der Waals surface area contributed by atoms with Crippen molar-refractivity contribution in [2.24, 2.45) is 0 Å². The van der Waals surface area contributed by atoms with Crippen LogP contribution in [0.3, 0.4) is 0 Å². The first-order chi connectivity index (χ1) is 10.1. The highest BCUT2D eigenvalue weighted by Gasteiger charge is 2.15. The Morgan fingerprint density at radius 1 is 0.952 bits per heavy atom. The van der Waals surface area contributed by atoms with Gasteiger partial charge in [-0.3, -0.25) is 0 Å². The summed E-state index contributed by atoms with van der Waals surface area (Å²) in [7, 11) is 1.31. The molecular formula is C18H16O3. The molecule has 3 rings (SSSR count). The topological polar surface area (TPSA) is 35.5 Å². The molecule has 0 radical (unpaired) electrons. The van der Waals surface area contributed by atoms with Gasteiger partial charge in [0.05, 0.1) is 7.11 Å². The SMILES string of the molecule is COC(=O)Oc1c2cccc(C)c2cc2cccc(C)c12. The molecule has 0 N–H and O–H groups in total. The lowest BCUT2D eigenvalue weighted by Crippen LogP contribution is -2.08. The summed E-state index contributed by atoms with van der Waals surface area (Å²) in [6.45, 7) is 4.06. The average molecular weight is 280 g/mol. The Morgan fingerprint density at radius 3 is 2.43 bits per heavy atom. The van der Waals surface area contributed by atoms with Crippen molar-refractivity contribution >= 4 is 27.7 Å². The fourth-order valence-corrected chi connectivity index (χ4v) is 2.71. The number of hydrogen-bond acceptors (Lipinski definition) is 3. The van der Waals surface area contributed by atoms with E-state index in [1.165, 1.54) is 7.11 Å². The van der Waals surface area contributed by atoms with Crippen LogP contribution in [0.2, 0.25) is 0 Å². The maximum Gasteiger partial charge on any atom is 0.513 e. The van der Waals surface area contributed by atoms with Gasteiger partial charge in [-0.15, -0.1) is 0 Å². The summed E-state index contributed by atoms with van der Waals surface area (Å²) in [4.78, 5) is 11.6. The van der Waals surface area contributed by atoms with E-state index in [4.69, 9.17) is 4.74 Å². The minimum Gasteiger partial charge on any atom is -0.437 e. The number of fused-ring (bicyclic) bond motifs is 2. The first-order valence-electron chi connectivity index (χ1n) is 6.79. The van der Waals surface area contributed by atoms with E-state index in [9.17, 15) is 4.79 Å². The smallest absolute Gasteiger partial charge is 0.437 e. The zero-order valence-electron chi connectivity index (χ0n) is 12.3. The van der Waals surface area contributed by atoms with Crippen molar-refractivity contribution in [1.82, 2.24) is 0 Å². The third-order valence-corrected chi connectivity index (χ3v) is 3.75. The van der Waals surface area contributed by atoms with Crippen LogP contribution in [0.15, 0.2) is 42.5 Å². The molecule has 3 aromatic rings. The van der Waals surface area contributed by atoms with Crippen LogP contribution in [-0.2, 0) is 4.74 Å². The predicted molar refractivity (Wildman–Crippen MR) is 84.0 cm³/mol. The highest BCUT2D eigenvalue weighted by Crippen LogP contribution is 2.38. The summed E-state index contributed by atoms with van der Waals surface area (Å²) in [6, 6.07) is 14.2. The molecule has 0 atom stereocenters. The van der Waals surface area contributed by atoms with Gasteiger partial charge >= 0.3 is 6.16 Å². The second-order valence-corrected chi connectivity index (χ2v) is 5.10. The van der Waals surface area contributed by atoms with Crippen molar-refractivity contribution in [1.29, 1.82) is 0 Å². The maximum absolute atomic E-state index is 11.6. The van der Waals surface area contributed by atoms with Gasteiger partial charge in [-0.25, -0.2) is 4.79 Å². The quantitative estimate of drug-likeness (QED) is 0.366. The van der Waals surface area contributed by atoms with E-state index in [1.807, 2.05) is 50.2 Å². The molecule has 106 valence electrons. The van der Waals surface area contributed by atoms with Gasteiger partial charge in [0, 0.05) is 10.8 Å². The summed E-state index contributed by atoms with van der Waals surface area (Å²) in [6.07, 6.45) is -0.700. The number of ether oxygens (including phenoxy) is 2. The summed E-state index contributed by atoms with van der Waals surface area (Å²) < 4.78 is 10.1. The number of rotatable bonds is 1. The zero-order valence-corrected chi connectivity index (χ0v) is 12.3. The second kappa shape index (κ2) is 5.09. The number of hydrogen-bond donors (Lipinski definition) is 0. The van der Waals surface area contributed by atoms with Crippen LogP contribution >= 0.6 is 0 Å². The summed E-state index contributed by atoms with van der Waals surface area (Å²) >= 11 is 0. The lowest BCUT2D eigenvalue weighted by Gasteiger charge is -2.14. The molecule has 0 aromatic heterocycles. The predicted octanol–water partition coefficient (Wildman–Crippen LogP) is 4.76. The molecule has 3 nitrogen and oxygen atoms in total. The molecule has 0 fully saturated rings. The third-order valence-electron chi connectivity index (χ3n) is 3.75. The van der Waals surface area contributed by atoms with E-state index < -0.39 is 6.16 Å². The first-order valence-corrected chi connectivity index (χ1v) is 6.79. The Kier molecular flexibility index (Phi) is 3.26. The largest absolute Gasteiger partial charge is 0.513 e. The van der Waals surface area contributed by atoms with Crippen LogP contribution in [-0.4, -0.2) is 13.3 Å². The first kappa shape index (κ1) is 13.4. The molecule has 0 amide bonds. The number of benzene rings is 3. The Bertz CT molecular complexity index is 850. The van der Waals surface area contributed by atoms with Gasteiger partial charge in [0.2, 0.25) is 0 Å². The number of methoxy groups -OCH3 is 1. The van der Waals surface area contributed by atoms with Gasteiger partial charge in [-0.1, -0.05) is 36.4 Å². The molecule has 3 heteroatoms. The number of carbonyl (C=O) groups is 1. The van der Waals surface area contributed by atoms with E-state index in [0.29, 0.717) is 5.75 Å². The van der Waals surface area contributed by atoms with Crippen LogP contribution in [0.5, 0.6) is 5.75 Å². The average Bonchev–Trinajstić information content (AvgIpc) is 2.48. The molecule has 0 spiro atoms. The minimum atomic E-state index is -0.700. The molecular weight excluding hydrogens is 264 g/mol. The normalized spacial score (nSPS) is 10.8. The van der Waals surface area contributed by atoms with Crippen LogP contribution in [0.1, 0.15) is 11.1 Å². The summed E-state index contributed by atoms with van der Waals surface area (Å²) in [5, 5.41) is 3.99. The Labute approximate surface area is 123 Å². The van der Waals surface area contributed by atoms with Gasteiger partial charge in [0.1, 0.15) is 5.75 Å². The molecule has 0 aliphatic heterocycles. The van der Waals surface area contributed by atoms with Gasteiger partial charge < -0.3 is 9.47 Å². The maximum atomic E-state index is 11.6.